The Labute approximate surface area is 177 Å². The molecule has 1 heterocycles. The van der Waals surface area contributed by atoms with Gasteiger partial charge in [-0.05, 0) is 49.6 Å². The van der Waals surface area contributed by atoms with E-state index in [4.69, 9.17) is 14.2 Å². The van der Waals surface area contributed by atoms with E-state index in [0.717, 1.165) is 22.4 Å². The van der Waals surface area contributed by atoms with Crippen LogP contribution in [0, 0.1) is 20.8 Å². The largest absolute Gasteiger partial charge is 0.496 e. The highest BCUT2D eigenvalue weighted by molar-refractivity contribution is 5.71. The molecule has 3 rings (SSSR count). The average molecular weight is 408 g/mol. The van der Waals surface area contributed by atoms with Gasteiger partial charge in [-0.25, -0.2) is 14.3 Å². The zero-order valence-corrected chi connectivity index (χ0v) is 18.4. The van der Waals surface area contributed by atoms with Crippen LogP contribution in [-0.2, 0) is 11.3 Å². The molecule has 1 atom stereocenters. The topological polar surface area (TPSA) is 62.6 Å². The Bertz CT molecular complexity index is 1060. The first-order valence-electron chi connectivity index (χ1n) is 9.86. The van der Waals surface area contributed by atoms with Crippen molar-refractivity contribution in [2.24, 2.45) is 0 Å². The van der Waals surface area contributed by atoms with E-state index in [1.807, 2.05) is 32.0 Å². The minimum absolute atomic E-state index is 0.0507. The number of aryl methyl sites for hydroxylation is 1. The summed E-state index contributed by atoms with van der Waals surface area (Å²) in [7, 11) is 3.20. The predicted molar refractivity (Wildman–Crippen MR) is 116 cm³/mol. The quantitative estimate of drug-likeness (QED) is 0.564. The number of carbonyl (C=O) groups excluding carboxylic acids is 1. The summed E-state index contributed by atoms with van der Waals surface area (Å²) in [6.45, 7) is 8.20. The minimum Gasteiger partial charge on any atom is -0.496 e. The van der Waals surface area contributed by atoms with Crippen LogP contribution in [0.25, 0.3) is 0 Å². The SMILES string of the molecule is COc1ccc(COC(=O)n2ccnc2[C@@H](C)c2cccc(C)c2C)c(OC)c1C. The van der Waals surface area contributed by atoms with Crippen LogP contribution < -0.4 is 9.47 Å². The van der Waals surface area contributed by atoms with Crippen molar-refractivity contribution >= 4 is 6.09 Å². The van der Waals surface area contributed by atoms with E-state index in [2.05, 4.69) is 31.0 Å². The van der Waals surface area contributed by atoms with Crippen LogP contribution in [0.5, 0.6) is 11.5 Å². The van der Waals surface area contributed by atoms with E-state index in [1.165, 1.54) is 15.7 Å². The Morgan fingerprint density at radius 3 is 2.53 bits per heavy atom. The monoisotopic (exact) mass is 408 g/mol. The number of hydrogen-bond donors (Lipinski definition) is 0. The molecule has 2 aromatic carbocycles. The zero-order chi connectivity index (χ0) is 21.8. The van der Waals surface area contributed by atoms with Gasteiger partial charge in [-0.2, -0.15) is 0 Å². The molecule has 30 heavy (non-hydrogen) atoms. The standard InChI is InChI=1S/C24H28N2O4/c1-15-8-7-9-20(16(15)2)17(3)23-25-12-13-26(23)24(27)30-14-19-10-11-21(28-5)18(4)22(19)29-6/h7-13,17H,14H2,1-6H3/t17-/m0/s1. The predicted octanol–water partition coefficient (Wildman–Crippen LogP) is 5.16. The van der Waals surface area contributed by atoms with Crippen molar-refractivity contribution in [3.8, 4) is 11.5 Å². The third-order valence-corrected chi connectivity index (χ3v) is 5.58. The molecular formula is C24H28N2O4. The number of ether oxygens (including phenoxy) is 3. The molecular weight excluding hydrogens is 380 g/mol. The molecule has 0 aliphatic carbocycles. The van der Waals surface area contributed by atoms with Gasteiger partial charge in [0.05, 0.1) is 14.2 Å². The highest BCUT2D eigenvalue weighted by Gasteiger charge is 2.21. The number of rotatable bonds is 6. The van der Waals surface area contributed by atoms with Crippen LogP contribution >= 0.6 is 0 Å². The van der Waals surface area contributed by atoms with Crippen molar-refractivity contribution in [1.82, 2.24) is 9.55 Å². The highest BCUT2D eigenvalue weighted by atomic mass is 16.6. The maximum atomic E-state index is 12.8. The second kappa shape index (κ2) is 9.03. The van der Waals surface area contributed by atoms with Gasteiger partial charge in [0, 0.05) is 29.4 Å². The van der Waals surface area contributed by atoms with E-state index in [-0.39, 0.29) is 12.5 Å². The first-order valence-corrected chi connectivity index (χ1v) is 9.86. The van der Waals surface area contributed by atoms with Crippen LogP contribution in [0.2, 0.25) is 0 Å². The summed E-state index contributed by atoms with van der Waals surface area (Å²) in [6, 6.07) is 9.86. The fourth-order valence-corrected chi connectivity index (χ4v) is 3.73. The summed E-state index contributed by atoms with van der Waals surface area (Å²) in [5, 5.41) is 0. The Kier molecular flexibility index (Phi) is 6.45. The average Bonchev–Trinajstić information content (AvgIpc) is 3.23. The van der Waals surface area contributed by atoms with Crippen molar-refractivity contribution in [1.29, 1.82) is 0 Å². The third kappa shape index (κ3) is 4.03. The maximum absolute atomic E-state index is 12.8. The van der Waals surface area contributed by atoms with Gasteiger partial charge in [-0.15, -0.1) is 0 Å². The van der Waals surface area contributed by atoms with Crippen molar-refractivity contribution < 1.29 is 19.0 Å². The molecule has 0 aliphatic heterocycles. The summed E-state index contributed by atoms with van der Waals surface area (Å²) < 4.78 is 17.9. The summed E-state index contributed by atoms with van der Waals surface area (Å²) >= 11 is 0. The molecule has 0 saturated heterocycles. The number of nitrogens with zero attached hydrogens (tertiary/aromatic N) is 2. The Hall–Kier alpha value is -3.28. The van der Waals surface area contributed by atoms with Crippen molar-refractivity contribution in [3.63, 3.8) is 0 Å². The van der Waals surface area contributed by atoms with E-state index < -0.39 is 6.09 Å². The molecule has 158 valence electrons. The molecule has 0 radical (unpaired) electrons. The van der Waals surface area contributed by atoms with Crippen molar-refractivity contribution in [3.05, 3.63) is 76.4 Å². The number of benzene rings is 2. The Balaban J connectivity index is 1.81. The van der Waals surface area contributed by atoms with Gasteiger partial charge in [0.1, 0.15) is 23.9 Å². The second-order valence-electron chi connectivity index (χ2n) is 7.31. The van der Waals surface area contributed by atoms with Gasteiger partial charge < -0.3 is 14.2 Å². The van der Waals surface area contributed by atoms with Crippen LogP contribution in [0.3, 0.4) is 0 Å². The normalized spacial score (nSPS) is 11.8. The summed E-state index contributed by atoms with van der Waals surface area (Å²) in [5.41, 5.74) is 5.19. The van der Waals surface area contributed by atoms with E-state index >= 15 is 0 Å². The van der Waals surface area contributed by atoms with Gasteiger partial charge in [-0.3, -0.25) is 0 Å². The van der Waals surface area contributed by atoms with Crippen molar-refractivity contribution in [2.45, 2.75) is 40.2 Å². The maximum Gasteiger partial charge on any atom is 0.419 e. The van der Waals surface area contributed by atoms with Crippen LogP contribution in [0.4, 0.5) is 4.79 Å². The van der Waals surface area contributed by atoms with E-state index in [1.54, 1.807) is 26.6 Å². The summed E-state index contributed by atoms with van der Waals surface area (Å²) in [5.74, 6) is 1.97. The molecule has 6 heteroatoms. The van der Waals surface area contributed by atoms with Crippen LogP contribution in [0.1, 0.15) is 46.5 Å². The lowest BCUT2D eigenvalue weighted by atomic mass is 9.93. The lowest BCUT2D eigenvalue weighted by Crippen LogP contribution is -2.18. The van der Waals surface area contributed by atoms with Crippen LogP contribution in [0.15, 0.2) is 42.7 Å². The van der Waals surface area contributed by atoms with E-state index in [9.17, 15) is 4.79 Å². The van der Waals surface area contributed by atoms with Gasteiger partial charge >= 0.3 is 6.09 Å². The third-order valence-electron chi connectivity index (χ3n) is 5.58. The summed E-state index contributed by atoms with van der Waals surface area (Å²) in [4.78, 5) is 17.3. The minimum atomic E-state index is -0.477. The van der Waals surface area contributed by atoms with Crippen molar-refractivity contribution in [2.75, 3.05) is 14.2 Å². The molecule has 0 spiro atoms. The molecule has 0 saturated carbocycles. The smallest absolute Gasteiger partial charge is 0.419 e. The Morgan fingerprint density at radius 2 is 1.83 bits per heavy atom. The van der Waals surface area contributed by atoms with Gasteiger partial charge in [0.2, 0.25) is 0 Å². The number of methoxy groups -OCH3 is 2. The molecule has 0 aliphatic rings. The number of imidazole rings is 1. The molecule has 0 unspecified atom stereocenters. The van der Waals surface area contributed by atoms with Gasteiger partial charge in [0.25, 0.3) is 0 Å². The lowest BCUT2D eigenvalue weighted by Gasteiger charge is -2.18. The fourth-order valence-electron chi connectivity index (χ4n) is 3.73. The first-order chi connectivity index (χ1) is 14.4. The number of aromatic nitrogens is 2. The molecule has 3 aromatic rings. The molecule has 0 amide bonds. The Morgan fingerprint density at radius 1 is 1.07 bits per heavy atom. The second-order valence-corrected chi connectivity index (χ2v) is 7.31. The molecule has 0 fully saturated rings. The summed E-state index contributed by atoms with van der Waals surface area (Å²) in [6.07, 6.45) is 2.78. The van der Waals surface area contributed by atoms with E-state index in [0.29, 0.717) is 11.6 Å². The molecule has 1 aromatic heterocycles. The molecule has 0 bridgehead atoms. The van der Waals surface area contributed by atoms with Crippen LogP contribution in [-0.4, -0.2) is 29.9 Å². The zero-order valence-electron chi connectivity index (χ0n) is 18.4. The highest BCUT2D eigenvalue weighted by Crippen LogP contribution is 2.32. The first kappa shape index (κ1) is 21.4. The van der Waals surface area contributed by atoms with Gasteiger partial charge in [0.15, 0.2) is 0 Å². The van der Waals surface area contributed by atoms with Gasteiger partial charge in [-0.1, -0.05) is 25.1 Å². The lowest BCUT2D eigenvalue weighted by molar-refractivity contribution is 0.139. The fraction of sp³-hybridized carbons (Fsp3) is 0.333. The molecule has 0 N–H and O–H groups in total. The number of hydrogen-bond acceptors (Lipinski definition) is 5. The molecule has 6 nitrogen and oxygen atoms in total. The number of carbonyl (C=O) groups is 1.